The zero-order chi connectivity index (χ0) is 15.5. The Hall–Kier alpha value is -3.09. The van der Waals surface area contributed by atoms with Crippen LogP contribution in [0, 0.1) is 6.92 Å². The molecule has 0 saturated carbocycles. The number of amides is 2. The van der Waals surface area contributed by atoms with Crippen LogP contribution in [0.3, 0.4) is 0 Å². The van der Waals surface area contributed by atoms with E-state index in [2.05, 4.69) is 21.0 Å². The largest absolute Gasteiger partial charge is 0.361 e. The minimum absolute atomic E-state index is 0.116. The van der Waals surface area contributed by atoms with Crippen molar-refractivity contribution in [2.24, 2.45) is 0 Å². The second-order valence-electron chi connectivity index (χ2n) is 4.86. The van der Waals surface area contributed by atoms with E-state index < -0.39 is 5.91 Å². The molecule has 0 bridgehead atoms. The third-order valence-electron chi connectivity index (χ3n) is 3.20. The first-order chi connectivity index (χ1) is 10.6. The molecule has 0 aliphatic carbocycles. The molecule has 3 rings (SSSR count). The highest BCUT2D eigenvalue weighted by Crippen LogP contribution is 2.17. The molecule has 0 saturated heterocycles. The maximum absolute atomic E-state index is 11.9. The Labute approximate surface area is 125 Å². The molecule has 112 valence electrons. The molecule has 0 spiro atoms. The van der Waals surface area contributed by atoms with Gasteiger partial charge in [0.15, 0.2) is 5.69 Å². The van der Waals surface area contributed by atoms with Crippen LogP contribution in [-0.2, 0) is 11.2 Å². The van der Waals surface area contributed by atoms with Crippen LogP contribution < -0.4 is 10.9 Å². The van der Waals surface area contributed by atoms with Crippen LogP contribution in [0.25, 0.3) is 10.9 Å². The van der Waals surface area contributed by atoms with Gasteiger partial charge in [-0.05, 0) is 18.6 Å². The van der Waals surface area contributed by atoms with Crippen molar-refractivity contribution in [3.05, 3.63) is 53.5 Å². The Balaban J connectivity index is 1.60. The van der Waals surface area contributed by atoms with Crippen molar-refractivity contribution < 1.29 is 14.1 Å². The number of fused-ring (bicyclic) bond motifs is 1. The Morgan fingerprint density at radius 3 is 2.86 bits per heavy atom. The molecule has 2 heterocycles. The van der Waals surface area contributed by atoms with Crippen molar-refractivity contribution in [1.82, 2.24) is 21.0 Å². The summed E-state index contributed by atoms with van der Waals surface area (Å²) in [6, 6.07) is 9.19. The molecule has 0 unspecified atom stereocenters. The van der Waals surface area contributed by atoms with Crippen molar-refractivity contribution in [2.75, 3.05) is 0 Å². The van der Waals surface area contributed by atoms with Crippen LogP contribution in [-0.4, -0.2) is 22.0 Å². The summed E-state index contributed by atoms with van der Waals surface area (Å²) in [6.07, 6.45) is 1.94. The highest BCUT2D eigenvalue weighted by atomic mass is 16.5. The summed E-state index contributed by atoms with van der Waals surface area (Å²) in [5, 5.41) is 4.55. The Bertz CT molecular complexity index is 834. The zero-order valence-electron chi connectivity index (χ0n) is 11.8. The van der Waals surface area contributed by atoms with E-state index in [1.54, 1.807) is 13.1 Å². The molecule has 3 aromatic rings. The topological polar surface area (TPSA) is 100 Å². The summed E-state index contributed by atoms with van der Waals surface area (Å²) < 4.78 is 4.80. The van der Waals surface area contributed by atoms with Gasteiger partial charge in [-0.2, -0.15) is 0 Å². The van der Waals surface area contributed by atoms with Gasteiger partial charge in [-0.3, -0.25) is 20.4 Å². The lowest BCUT2D eigenvalue weighted by Crippen LogP contribution is -2.42. The summed E-state index contributed by atoms with van der Waals surface area (Å²) in [7, 11) is 0. The third-order valence-corrected chi connectivity index (χ3v) is 3.20. The average molecular weight is 298 g/mol. The predicted molar refractivity (Wildman–Crippen MR) is 78.9 cm³/mol. The van der Waals surface area contributed by atoms with Crippen molar-refractivity contribution in [1.29, 1.82) is 0 Å². The van der Waals surface area contributed by atoms with Crippen molar-refractivity contribution in [3.63, 3.8) is 0 Å². The van der Waals surface area contributed by atoms with Gasteiger partial charge in [0.1, 0.15) is 5.76 Å². The number of H-pyrrole nitrogens is 1. The highest BCUT2D eigenvalue weighted by Gasteiger charge is 2.13. The number of hydrogen-bond acceptors (Lipinski definition) is 4. The monoisotopic (exact) mass is 298 g/mol. The van der Waals surface area contributed by atoms with Crippen LogP contribution >= 0.6 is 0 Å². The summed E-state index contributed by atoms with van der Waals surface area (Å²) in [6.45, 7) is 1.68. The Morgan fingerprint density at radius 2 is 2.09 bits per heavy atom. The minimum atomic E-state index is -0.524. The number of nitrogens with one attached hydrogen (secondary N) is 3. The quantitative estimate of drug-likeness (QED) is 0.637. The number of hydrogen-bond donors (Lipinski definition) is 3. The second kappa shape index (κ2) is 5.72. The maximum atomic E-state index is 11.9. The number of aryl methyl sites for hydroxylation is 1. The fraction of sp³-hybridized carbons (Fsp3) is 0.133. The van der Waals surface area contributed by atoms with Crippen LogP contribution in [0.1, 0.15) is 21.8 Å². The predicted octanol–water partition coefficient (Wildman–Crippen LogP) is 1.47. The first kappa shape index (κ1) is 13.9. The average Bonchev–Trinajstić information content (AvgIpc) is 3.12. The SMILES string of the molecule is Cc1cc(C(=O)NNC(=O)Cc2c[nH]c3ccccc23)no1. The minimum Gasteiger partial charge on any atom is -0.361 e. The fourth-order valence-corrected chi connectivity index (χ4v) is 2.16. The number of aromatic nitrogens is 2. The maximum Gasteiger partial charge on any atom is 0.291 e. The first-order valence-electron chi connectivity index (χ1n) is 6.71. The molecular weight excluding hydrogens is 284 g/mol. The van der Waals surface area contributed by atoms with Crippen LogP contribution in [0.5, 0.6) is 0 Å². The van der Waals surface area contributed by atoms with Gasteiger partial charge in [0.2, 0.25) is 5.91 Å². The second-order valence-corrected chi connectivity index (χ2v) is 4.86. The lowest BCUT2D eigenvalue weighted by atomic mass is 10.1. The molecule has 1 aromatic carbocycles. The molecule has 2 amide bonds. The number of rotatable bonds is 3. The molecule has 7 heteroatoms. The van der Waals surface area contributed by atoms with Gasteiger partial charge < -0.3 is 9.51 Å². The van der Waals surface area contributed by atoms with Crippen LogP contribution in [0.4, 0.5) is 0 Å². The Morgan fingerprint density at radius 1 is 1.27 bits per heavy atom. The van der Waals surface area contributed by atoms with E-state index in [0.29, 0.717) is 5.76 Å². The molecule has 2 aromatic heterocycles. The fourth-order valence-electron chi connectivity index (χ4n) is 2.16. The van der Waals surface area contributed by atoms with Crippen molar-refractivity contribution >= 4 is 22.7 Å². The van der Waals surface area contributed by atoms with E-state index in [1.807, 2.05) is 24.3 Å². The van der Waals surface area contributed by atoms with Crippen molar-refractivity contribution in [3.8, 4) is 0 Å². The van der Waals surface area contributed by atoms with E-state index >= 15 is 0 Å². The summed E-state index contributed by atoms with van der Waals surface area (Å²) in [5.41, 5.74) is 6.60. The zero-order valence-corrected chi connectivity index (χ0v) is 11.8. The molecule has 3 N–H and O–H groups in total. The normalized spacial score (nSPS) is 10.6. The first-order valence-corrected chi connectivity index (χ1v) is 6.71. The Kier molecular flexibility index (Phi) is 3.61. The van der Waals surface area contributed by atoms with E-state index in [9.17, 15) is 9.59 Å². The molecular formula is C15H14N4O3. The molecule has 0 radical (unpaired) electrons. The molecule has 22 heavy (non-hydrogen) atoms. The smallest absolute Gasteiger partial charge is 0.291 e. The number of para-hydroxylation sites is 1. The van der Waals surface area contributed by atoms with Gasteiger partial charge in [-0.1, -0.05) is 23.4 Å². The van der Waals surface area contributed by atoms with E-state index in [0.717, 1.165) is 16.5 Å². The summed E-state index contributed by atoms with van der Waals surface area (Å²) >= 11 is 0. The van der Waals surface area contributed by atoms with E-state index in [1.165, 1.54) is 6.07 Å². The van der Waals surface area contributed by atoms with Gasteiger partial charge in [-0.25, -0.2) is 0 Å². The van der Waals surface area contributed by atoms with Gasteiger partial charge >= 0.3 is 0 Å². The molecule has 7 nitrogen and oxygen atoms in total. The number of nitrogens with zero attached hydrogens (tertiary/aromatic N) is 1. The number of benzene rings is 1. The van der Waals surface area contributed by atoms with Gasteiger partial charge in [0.25, 0.3) is 5.91 Å². The number of carbonyl (C=O) groups excluding carboxylic acids is 2. The molecule has 0 aliphatic rings. The van der Waals surface area contributed by atoms with E-state index in [4.69, 9.17) is 4.52 Å². The number of hydrazine groups is 1. The third kappa shape index (κ3) is 2.83. The molecule has 0 aliphatic heterocycles. The summed E-state index contributed by atoms with van der Waals surface area (Å²) in [4.78, 5) is 26.7. The molecule has 0 fully saturated rings. The van der Waals surface area contributed by atoms with Crippen LogP contribution in [0.15, 0.2) is 41.1 Å². The summed E-state index contributed by atoms with van der Waals surface area (Å²) in [5.74, 6) is -0.322. The van der Waals surface area contributed by atoms with Gasteiger partial charge in [-0.15, -0.1) is 0 Å². The van der Waals surface area contributed by atoms with Gasteiger partial charge in [0.05, 0.1) is 6.42 Å². The van der Waals surface area contributed by atoms with E-state index in [-0.39, 0.29) is 18.0 Å². The van der Waals surface area contributed by atoms with Gasteiger partial charge in [0, 0.05) is 23.2 Å². The van der Waals surface area contributed by atoms with Crippen LogP contribution in [0.2, 0.25) is 0 Å². The lowest BCUT2D eigenvalue weighted by molar-refractivity contribution is -0.121. The number of aromatic amines is 1. The number of carbonyl (C=O) groups is 2. The lowest BCUT2D eigenvalue weighted by Gasteiger charge is -2.05. The van der Waals surface area contributed by atoms with Crippen molar-refractivity contribution in [2.45, 2.75) is 13.3 Å². The standard InChI is InChI=1S/C15H14N4O3/c1-9-6-13(19-22-9)15(21)18-17-14(20)7-10-8-16-12-5-3-2-4-11(10)12/h2-6,8,16H,7H2,1H3,(H,17,20)(H,18,21). The molecule has 0 atom stereocenters. The highest BCUT2D eigenvalue weighted by molar-refractivity contribution is 5.94.